The molecular weight excluding hydrogens is 312 g/mol. The zero-order valence-electron chi connectivity index (χ0n) is 13.3. The van der Waals surface area contributed by atoms with E-state index in [9.17, 15) is 19.7 Å². The number of carbonyl (C=O) groups excluding carboxylic acids is 2. The van der Waals surface area contributed by atoms with Crippen molar-refractivity contribution in [1.82, 2.24) is 0 Å². The van der Waals surface area contributed by atoms with Crippen LogP contribution >= 0.6 is 0 Å². The lowest BCUT2D eigenvalue weighted by Gasteiger charge is -2.20. The third-order valence-electron chi connectivity index (χ3n) is 3.26. The van der Waals surface area contributed by atoms with Gasteiger partial charge in [0, 0.05) is 19.9 Å². The Hall–Kier alpha value is -3.22. The SMILES string of the molecule is CC(=O)N(C(C)=O)c1c(OCc2ccccc2)cccc1[N+](=O)[O-]. The van der Waals surface area contributed by atoms with E-state index < -0.39 is 16.7 Å². The quantitative estimate of drug-likeness (QED) is 0.621. The molecule has 2 rings (SSSR count). The molecule has 0 aliphatic carbocycles. The van der Waals surface area contributed by atoms with Crippen LogP contribution in [0.25, 0.3) is 0 Å². The summed E-state index contributed by atoms with van der Waals surface area (Å²) >= 11 is 0. The van der Waals surface area contributed by atoms with Crippen LogP contribution in [0.3, 0.4) is 0 Å². The summed E-state index contributed by atoms with van der Waals surface area (Å²) in [7, 11) is 0. The number of nitro groups is 1. The lowest BCUT2D eigenvalue weighted by Crippen LogP contribution is -2.34. The van der Waals surface area contributed by atoms with Crippen LogP contribution in [0.4, 0.5) is 11.4 Å². The van der Waals surface area contributed by atoms with Crippen LogP contribution in [-0.4, -0.2) is 16.7 Å². The maximum atomic E-state index is 11.8. The van der Waals surface area contributed by atoms with Gasteiger partial charge in [-0.1, -0.05) is 36.4 Å². The highest BCUT2D eigenvalue weighted by molar-refractivity contribution is 6.15. The third kappa shape index (κ3) is 3.75. The zero-order chi connectivity index (χ0) is 17.7. The smallest absolute Gasteiger partial charge is 0.297 e. The molecule has 7 nitrogen and oxygen atoms in total. The van der Waals surface area contributed by atoms with E-state index in [1.54, 1.807) is 0 Å². The van der Waals surface area contributed by atoms with Crippen molar-refractivity contribution < 1.29 is 19.2 Å². The van der Waals surface area contributed by atoms with Crippen molar-refractivity contribution in [3.05, 3.63) is 64.2 Å². The summed E-state index contributed by atoms with van der Waals surface area (Å²) in [6, 6.07) is 13.4. The van der Waals surface area contributed by atoms with Crippen LogP contribution in [0.5, 0.6) is 5.75 Å². The van der Waals surface area contributed by atoms with E-state index in [4.69, 9.17) is 4.74 Å². The molecule has 124 valence electrons. The van der Waals surface area contributed by atoms with Crippen LogP contribution in [0.1, 0.15) is 19.4 Å². The Morgan fingerprint density at radius 3 is 2.21 bits per heavy atom. The number of ether oxygens (including phenoxy) is 1. The summed E-state index contributed by atoms with van der Waals surface area (Å²) in [6.45, 7) is 2.48. The van der Waals surface area contributed by atoms with Crippen molar-refractivity contribution in [2.75, 3.05) is 4.90 Å². The van der Waals surface area contributed by atoms with Gasteiger partial charge in [0.1, 0.15) is 6.61 Å². The van der Waals surface area contributed by atoms with Gasteiger partial charge in [-0.15, -0.1) is 0 Å². The van der Waals surface area contributed by atoms with Gasteiger partial charge in [0.15, 0.2) is 11.4 Å². The highest BCUT2D eigenvalue weighted by atomic mass is 16.6. The van der Waals surface area contributed by atoms with Crippen molar-refractivity contribution in [3.8, 4) is 5.75 Å². The molecule has 0 saturated heterocycles. The Balaban J connectivity index is 2.47. The van der Waals surface area contributed by atoms with Crippen molar-refractivity contribution in [2.24, 2.45) is 0 Å². The Morgan fingerprint density at radius 2 is 1.67 bits per heavy atom. The molecule has 2 amide bonds. The van der Waals surface area contributed by atoms with Crippen molar-refractivity contribution in [2.45, 2.75) is 20.5 Å². The number of anilines is 1. The van der Waals surface area contributed by atoms with Crippen molar-refractivity contribution >= 4 is 23.2 Å². The average molecular weight is 328 g/mol. The van der Waals surface area contributed by atoms with Crippen LogP contribution in [0.15, 0.2) is 48.5 Å². The molecular formula is C17H16N2O5. The summed E-state index contributed by atoms with van der Waals surface area (Å²) in [6.07, 6.45) is 0. The second-order valence-electron chi connectivity index (χ2n) is 5.03. The molecule has 0 spiro atoms. The predicted octanol–water partition coefficient (Wildman–Crippen LogP) is 3.07. The third-order valence-corrected chi connectivity index (χ3v) is 3.26. The number of nitro benzene ring substituents is 1. The molecule has 0 bridgehead atoms. The number of nitrogens with zero attached hydrogens (tertiary/aromatic N) is 2. The van der Waals surface area contributed by atoms with Crippen LogP contribution in [0.2, 0.25) is 0 Å². The van der Waals surface area contributed by atoms with Crippen molar-refractivity contribution in [1.29, 1.82) is 0 Å². The fraction of sp³-hybridized carbons (Fsp3) is 0.176. The van der Waals surface area contributed by atoms with Gasteiger partial charge < -0.3 is 4.74 Å². The first-order valence-corrected chi connectivity index (χ1v) is 7.17. The molecule has 7 heteroatoms. The van der Waals surface area contributed by atoms with Gasteiger partial charge in [-0.3, -0.25) is 19.7 Å². The summed E-state index contributed by atoms with van der Waals surface area (Å²) in [4.78, 5) is 35.0. The number of amides is 2. The Kier molecular flexibility index (Phi) is 5.26. The summed E-state index contributed by atoms with van der Waals surface area (Å²) < 4.78 is 5.64. The first-order chi connectivity index (χ1) is 11.4. The molecule has 0 radical (unpaired) electrons. The second kappa shape index (κ2) is 7.36. The number of hydrogen-bond acceptors (Lipinski definition) is 5. The largest absolute Gasteiger partial charge is 0.486 e. The highest BCUT2D eigenvalue weighted by Gasteiger charge is 2.29. The molecule has 0 heterocycles. The number of carbonyl (C=O) groups is 2. The van der Waals surface area contributed by atoms with Gasteiger partial charge >= 0.3 is 0 Å². The highest BCUT2D eigenvalue weighted by Crippen LogP contribution is 2.38. The summed E-state index contributed by atoms with van der Waals surface area (Å²) in [5, 5.41) is 11.3. The van der Waals surface area contributed by atoms with Gasteiger partial charge in [0.25, 0.3) is 5.69 Å². The number of hydrogen-bond donors (Lipinski definition) is 0. The molecule has 24 heavy (non-hydrogen) atoms. The Morgan fingerprint density at radius 1 is 1.04 bits per heavy atom. The Bertz CT molecular complexity index is 760. The molecule has 0 aromatic heterocycles. The molecule has 0 N–H and O–H groups in total. The lowest BCUT2D eigenvalue weighted by atomic mass is 10.2. The maximum Gasteiger partial charge on any atom is 0.297 e. The monoisotopic (exact) mass is 328 g/mol. The van der Waals surface area contributed by atoms with Crippen LogP contribution in [0, 0.1) is 10.1 Å². The lowest BCUT2D eigenvalue weighted by molar-refractivity contribution is -0.384. The molecule has 0 fully saturated rings. The molecule has 0 atom stereocenters. The maximum absolute atomic E-state index is 11.8. The minimum Gasteiger partial charge on any atom is -0.486 e. The fourth-order valence-electron chi connectivity index (χ4n) is 2.27. The number of imide groups is 1. The van der Waals surface area contributed by atoms with Gasteiger partial charge in [0.05, 0.1) is 4.92 Å². The van der Waals surface area contributed by atoms with E-state index in [1.165, 1.54) is 32.0 Å². The second-order valence-corrected chi connectivity index (χ2v) is 5.03. The van der Waals surface area contributed by atoms with Gasteiger partial charge in [0.2, 0.25) is 11.8 Å². The van der Waals surface area contributed by atoms with E-state index in [0.29, 0.717) is 0 Å². The Labute approximate surface area is 138 Å². The summed E-state index contributed by atoms with van der Waals surface area (Å²) in [5.74, 6) is -1.15. The number of rotatable bonds is 5. The zero-order valence-corrected chi connectivity index (χ0v) is 13.3. The molecule has 2 aromatic rings. The van der Waals surface area contributed by atoms with E-state index in [0.717, 1.165) is 10.5 Å². The minimum atomic E-state index is -0.649. The minimum absolute atomic E-state index is 0.0958. The molecule has 0 saturated carbocycles. The topological polar surface area (TPSA) is 89.8 Å². The van der Waals surface area contributed by atoms with Gasteiger partial charge in [-0.25, -0.2) is 4.90 Å². The van der Waals surface area contributed by atoms with Crippen LogP contribution < -0.4 is 9.64 Å². The molecule has 0 aliphatic heterocycles. The average Bonchev–Trinajstić information content (AvgIpc) is 2.53. The first-order valence-electron chi connectivity index (χ1n) is 7.17. The molecule has 2 aromatic carbocycles. The standard InChI is InChI=1S/C17H16N2O5/c1-12(20)18(13(2)21)17-15(19(22)23)9-6-10-16(17)24-11-14-7-4-3-5-8-14/h3-10H,11H2,1-2H3. The number of para-hydroxylation sites is 1. The first kappa shape index (κ1) is 17.1. The summed E-state index contributed by atoms with van der Waals surface area (Å²) in [5.41, 5.74) is 0.330. The van der Waals surface area contributed by atoms with Gasteiger partial charge in [-0.05, 0) is 11.6 Å². The van der Waals surface area contributed by atoms with E-state index in [1.807, 2.05) is 30.3 Å². The fourth-order valence-corrected chi connectivity index (χ4v) is 2.27. The molecule has 0 aliphatic rings. The van der Waals surface area contributed by atoms with Crippen molar-refractivity contribution in [3.63, 3.8) is 0 Å². The molecule has 0 unspecified atom stereocenters. The predicted molar refractivity (Wildman–Crippen MR) is 87.7 cm³/mol. The van der Waals surface area contributed by atoms with Gasteiger partial charge in [-0.2, -0.15) is 0 Å². The number of benzene rings is 2. The normalized spacial score (nSPS) is 10.1. The van der Waals surface area contributed by atoms with E-state index >= 15 is 0 Å². The van der Waals surface area contributed by atoms with E-state index in [-0.39, 0.29) is 23.7 Å². The van der Waals surface area contributed by atoms with E-state index in [2.05, 4.69) is 0 Å². The van der Waals surface area contributed by atoms with Crippen LogP contribution in [-0.2, 0) is 16.2 Å².